The standard InChI is InChI=1S/C25H25FN8O3S/c1-15(22-28-12-17(26)13-29-22)16(2)38(35,36)32-25-31-30-23(19-9-7-11-27-24(19)37-4)34(25)21-14-33(3)20-10-6-5-8-18(20)21/h5-16H,1-4H3,(H,31,32)/t15-,16-/m1/s1. The smallest absolute Gasteiger partial charge is 0.243 e. The molecular weight excluding hydrogens is 511 g/mol. The number of rotatable bonds is 8. The molecule has 0 bridgehead atoms. The van der Waals surface area contributed by atoms with Crippen LogP contribution >= 0.6 is 0 Å². The molecule has 0 amide bonds. The number of hydrogen-bond acceptors (Lipinski definition) is 8. The predicted molar refractivity (Wildman–Crippen MR) is 140 cm³/mol. The number of aryl methyl sites for hydroxylation is 1. The molecule has 4 aromatic heterocycles. The molecule has 0 fully saturated rings. The second-order valence-corrected chi connectivity index (χ2v) is 10.8. The number of anilines is 1. The first-order valence-corrected chi connectivity index (χ1v) is 13.2. The third kappa shape index (κ3) is 4.45. The van der Waals surface area contributed by atoms with Crippen molar-refractivity contribution >= 4 is 26.9 Å². The molecule has 0 radical (unpaired) electrons. The molecule has 196 valence electrons. The zero-order chi connectivity index (χ0) is 27.0. The van der Waals surface area contributed by atoms with Crippen LogP contribution in [0.25, 0.3) is 28.0 Å². The summed E-state index contributed by atoms with van der Waals surface area (Å²) >= 11 is 0. The van der Waals surface area contributed by atoms with Gasteiger partial charge in [0.05, 0.1) is 36.0 Å². The zero-order valence-electron chi connectivity index (χ0n) is 21.1. The molecular formula is C25H25FN8O3S. The summed E-state index contributed by atoms with van der Waals surface area (Å²) in [7, 11) is -0.639. The van der Waals surface area contributed by atoms with Crippen molar-refractivity contribution in [1.82, 2.24) is 34.3 Å². The Labute approximate surface area is 218 Å². The highest BCUT2D eigenvalue weighted by molar-refractivity contribution is 7.93. The van der Waals surface area contributed by atoms with Gasteiger partial charge in [-0.15, -0.1) is 10.2 Å². The molecule has 0 aliphatic carbocycles. The van der Waals surface area contributed by atoms with Crippen molar-refractivity contribution in [2.75, 3.05) is 11.8 Å². The number of nitrogens with zero attached hydrogens (tertiary/aromatic N) is 7. The maximum Gasteiger partial charge on any atom is 0.243 e. The molecule has 4 heterocycles. The van der Waals surface area contributed by atoms with Crippen LogP contribution in [0, 0.1) is 5.82 Å². The van der Waals surface area contributed by atoms with Gasteiger partial charge in [0.2, 0.25) is 21.9 Å². The van der Waals surface area contributed by atoms with Crippen LogP contribution < -0.4 is 9.46 Å². The van der Waals surface area contributed by atoms with Gasteiger partial charge < -0.3 is 9.30 Å². The number of methoxy groups -OCH3 is 1. The number of para-hydroxylation sites is 1. The molecule has 2 atom stereocenters. The molecule has 0 aliphatic rings. The number of fused-ring (bicyclic) bond motifs is 1. The Kier molecular flexibility index (Phi) is 6.53. The van der Waals surface area contributed by atoms with Crippen LogP contribution in [-0.2, 0) is 17.1 Å². The van der Waals surface area contributed by atoms with Gasteiger partial charge in [-0.1, -0.05) is 25.1 Å². The molecule has 0 saturated heterocycles. The third-order valence-electron chi connectivity index (χ3n) is 6.46. The number of pyridine rings is 1. The molecule has 11 nitrogen and oxygen atoms in total. The zero-order valence-corrected chi connectivity index (χ0v) is 21.9. The van der Waals surface area contributed by atoms with Crippen molar-refractivity contribution in [2.45, 2.75) is 25.0 Å². The van der Waals surface area contributed by atoms with Gasteiger partial charge in [-0.3, -0.25) is 9.29 Å². The summed E-state index contributed by atoms with van der Waals surface area (Å²) in [6, 6.07) is 11.2. The van der Waals surface area contributed by atoms with Crippen molar-refractivity contribution in [3.63, 3.8) is 0 Å². The Morgan fingerprint density at radius 1 is 1.03 bits per heavy atom. The van der Waals surface area contributed by atoms with Crippen molar-refractivity contribution in [1.29, 1.82) is 0 Å². The number of sulfonamides is 1. The van der Waals surface area contributed by atoms with E-state index in [1.54, 1.807) is 29.8 Å². The molecule has 5 aromatic rings. The van der Waals surface area contributed by atoms with Crippen molar-refractivity contribution in [3.05, 3.63) is 72.8 Å². The molecule has 13 heteroatoms. The van der Waals surface area contributed by atoms with Gasteiger partial charge >= 0.3 is 0 Å². The Morgan fingerprint density at radius 3 is 2.50 bits per heavy atom. The van der Waals surface area contributed by atoms with Gasteiger partial charge in [-0.2, -0.15) is 0 Å². The van der Waals surface area contributed by atoms with Crippen LogP contribution in [0.2, 0.25) is 0 Å². The topological polar surface area (TPSA) is 130 Å². The van der Waals surface area contributed by atoms with E-state index in [9.17, 15) is 12.8 Å². The predicted octanol–water partition coefficient (Wildman–Crippen LogP) is 3.69. The molecule has 0 saturated carbocycles. The first-order valence-electron chi connectivity index (χ1n) is 11.7. The molecule has 1 aromatic carbocycles. The summed E-state index contributed by atoms with van der Waals surface area (Å²) < 4.78 is 52.0. The van der Waals surface area contributed by atoms with Gasteiger partial charge in [0.15, 0.2) is 11.6 Å². The number of halogens is 1. The lowest BCUT2D eigenvalue weighted by atomic mass is 10.1. The lowest BCUT2D eigenvalue weighted by molar-refractivity contribution is 0.399. The van der Waals surface area contributed by atoms with E-state index in [1.165, 1.54) is 14.0 Å². The van der Waals surface area contributed by atoms with E-state index in [0.717, 1.165) is 23.3 Å². The molecule has 0 unspecified atom stereocenters. The first kappa shape index (κ1) is 25.3. The normalized spacial score (nSPS) is 13.4. The highest BCUT2D eigenvalue weighted by Crippen LogP contribution is 2.35. The minimum Gasteiger partial charge on any atom is -0.480 e. The lowest BCUT2D eigenvalue weighted by Gasteiger charge is -2.20. The summed E-state index contributed by atoms with van der Waals surface area (Å²) in [6.07, 6.45) is 5.48. The monoisotopic (exact) mass is 536 g/mol. The highest BCUT2D eigenvalue weighted by atomic mass is 32.2. The van der Waals surface area contributed by atoms with Crippen LogP contribution in [0.3, 0.4) is 0 Å². The van der Waals surface area contributed by atoms with Crippen molar-refractivity contribution < 1.29 is 17.5 Å². The third-order valence-corrected chi connectivity index (χ3v) is 8.31. The van der Waals surface area contributed by atoms with E-state index in [2.05, 4.69) is 29.9 Å². The van der Waals surface area contributed by atoms with Crippen molar-refractivity contribution in [3.8, 4) is 23.0 Å². The van der Waals surface area contributed by atoms with E-state index in [0.29, 0.717) is 23.0 Å². The van der Waals surface area contributed by atoms with E-state index in [4.69, 9.17) is 4.74 Å². The number of aromatic nitrogens is 7. The summed E-state index contributed by atoms with van der Waals surface area (Å²) in [5.41, 5.74) is 2.13. The minimum atomic E-state index is -4.03. The fourth-order valence-corrected chi connectivity index (χ4v) is 5.46. The van der Waals surface area contributed by atoms with E-state index < -0.39 is 27.0 Å². The van der Waals surface area contributed by atoms with Gasteiger partial charge in [-0.25, -0.2) is 27.8 Å². The Bertz CT molecular complexity index is 1720. The largest absolute Gasteiger partial charge is 0.480 e. The summed E-state index contributed by atoms with van der Waals surface area (Å²) in [6.45, 7) is 3.20. The summed E-state index contributed by atoms with van der Waals surface area (Å²) in [5.74, 6) is -0.393. The van der Waals surface area contributed by atoms with E-state index in [-0.39, 0.29) is 11.8 Å². The number of benzene rings is 1. The van der Waals surface area contributed by atoms with Crippen LogP contribution in [0.4, 0.5) is 10.3 Å². The van der Waals surface area contributed by atoms with Crippen molar-refractivity contribution in [2.24, 2.45) is 7.05 Å². The number of hydrogen-bond donors (Lipinski definition) is 1. The molecule has 5 rings (SSSR count). The van der Waals surface area contributed by atoms with Gasteiger partial charge in [0, 0.05) is 36.3 Å². The summed E-state index contributed by atoms with van der Waals surface area (Å²) in [4.78, 5) is 12.2. The SMILES string of the molecule is COc1ncccc1-c1nnc(NS(=O)(=O)[C@H](C)[C@@H](C)c2ncc(F)cn2)n1-c1cn(C)c2ccccc12. The maximum absolute atomic E-state index is 13.5. The van der Waals surface area contributed by atoms with Crippen LogP contribution in [0.15, 0.2) is 61.2 Å². The van der Waals surface area contributed by atoms with Gasteiger partial charge in [0.25, 0.3) is 0 Å². The van der Waals surface area contributed by atoms with Crippen LogP contribution in [0.1, 0.15) is 25.6 Å². The minimum absolute atomic E-state index is 0.0127. The Balaban J connectivity index is 1.63. The first-order chi connectivity index (χ1) is 18.2. The van der Waals surface area contributed by atoms with Gasteiger partial charge in [-0.05, 0) is 25.1 Å². The second kappa shape index (κ2) is 9.82. The average Bonchev–Trinajstić information content (AvgIpc) is 3.48. The lowest BCUT2D eigenvalue weighted by Crippen LogP contribution is -2.31. The molecule has 1 N–H and O–H groups in total. The maximum atomic E-state index is 13.5. The number of ether oxygens (including phenoxy) is 1. The Hall–Kier alpha value is -4.39. The fraction of sp³-hybridized carbons (Fsp3) is 0.240. The van der Waals surface area contributed by atoms with Gasteiger partial charge in [0.1, 0.15) is 5.82 Å². The highest BCUT2D eigenvalue weighted by Gasteiger charge is 2.32. The van der Waals surface area contributed by atoms with Crippen LogP contribution in [0.5, 0.6) is 5.88 Å². The van der Waals surface area contributed by atoms with E-state index >= 15 is 0 Å². The summed E-state index contributed by atoms with van der Waals surface area (Å²) in [5, 5.41) is 8.43. The second-order valence-electron chi connectivity index (χ2n) is 8.79. The van der Waals surface area contributed by atoms with E-state index in [1.807, 2.05) is 42.1 Å². The van der Waals surface area contributed by atoms with Crippen LogP contribution in [-0.4, -0.2) is 55.1 Å². The molecule has 38 heavy (non-hydrogen) atoms. The Morgan fingerprint density at radius 2 is 1.76 bits per heavy atom. The quantitative estimate of drug-likeness (QED) is 0.318. The number of nitrogens with one attached hydrogen (secondary N) is 1. The molecule has 0 aliphatic heterocycles. The average molecular weight is 537 g/mol. The fourth-order valence-electron chi connectivity index (χ4n) is 4.23. The molecule has 0 spiro atoms.